The number of rotatable bonds is 7. The van der Waals surface area contributed by atoms with Crippen molar-refractivity contribution in [3.05, 3.63) is 71.5 Å². The monoisotopic (exact) mass is 443 g/mol. The Morgan fingerprint density at radius 2 is 2.06 bits per heavy atom. The van der Waals surface area contributed by atoms with Crippen molar-refractivity contribution in [1.82, 2.24) is 9.97 Å². The Labute approximate surface area is 187 Å². The highest BCUT2D eigenvalue weighted by molar-refractivity contribution is 7.23. The Hall–Kier alpha value is -4.16. The first kappa shape index (κ1) is 21.1. The Kier molecular flexibility index (Phi) is 6.14. The molecule has 158 valence electrons. The molecule has 1 N–H and O–H groups in total. The van der Waals surface area contributed by atoms with Crippen LogP contribution < -0.4 is 4.74 Å². The zero-order chi connectivity index (χ0) is 22.5. The predicted octanol–water partition coefficient (Wildman–Crippen LogP) is 5.61. The molecule has 0 saturated carbocycles. The minimum Gasteiger partial charge on any atom is -0.493 e. The van der Waals surface area contributed by atoms with Crippen molar-refractivity contribution in [3.8, 4) is 22.3 Å². The van der Waals surface area contributed by atoms with Crippen molar-refractivity contribution < 1.29 is 14.6 Å². The van der Waals surface area contributed by atoms with E-state index in [0.717, 1.165) is 10.4 Å². The van der Waals surface area contributed by atoms with E-state index in [1.54, 1.807) is 18.2 Å². The summed E-state index contributed by atoms with van der Waals surface area (Å²) in [6.45, 7) is 2.61. The molecule has 4 aromatic rings. The minimum atomic E-state index is -0.997. The van der Waals surface area contributed by atoms with Crippen molar-refractivity contribution in [3.63, 3.8) is 0 Å². The number of hydrogen-bond donors (Lipinski definition) is 1. The SMILES string of the molecule is CCOc1ccccc1-c1sc2c(N=NCc3cccc(C(=O)O)c3)ncnc2c1C#N. The lowest BCUT2D eigenvalue weighted by Gasteiger charge is -2.08. The number of nitriles is 1. The average molecular weight is 443 g/mol. The average Bonchev–Trinajstić information content (AvgIpc) is 3.19. The lowest BCUT2D eigenvalue weighted by Crippen LogP contribution is -1.96. The molecule has 2 aromatic heterocycles. The minimum absolute atomic E-state index is 0.191. The molecule has 0 fully saturated rings. The lowest BCUT2D eigenvalue weighted by atomic mass is 10.1. The summed E-state index contributed by atoms with van der Waals surface area (Å²) in [5, 5.41) is 27.4. The summed E-state index contributed by atoms with van der Waals surface area (Å²) in [5.41, 5.74) is 2.66. The van der Waals surface area contributed by atoms with Gasteiger partial charge in [-0.25, -0.2) is 14.8 Å². The zero-order valence-corrected chi connectivity index (χ0v) is 17.8. The van der Waals surface area contributed by atoms with E-state index in [4.69, 9.17) is 9.84 Å². The number of carboxylic acids is 1. The molecule has 0 aliphatic heterocycles. The van der Waals surface area contributed by atoms with E-state index in [0.29, 0.717) is 39.5 Å². The maximum absolute atomic E-state index is 11.1. The van der Waals surface area contributed by atoms with Gasteiger partial charge in [-0.3, -0.25) is 0 Å². The summed E-state index contributed by atoms with van der Waals surface area (Å²) in [7, 11) is 0. The van der Waals surface area contributed by atoms with E-state index in [9.17, 15) is 10.1 Å². The highest BCUT2D eigenvalue weighted by Gasteiger charge is 2.20. The second kappa shape index (κ2) is 9.32. The molecule has 0 aliphatic rings. The largest absolute Gasteiger partial charge is 0.493 e. The maximum Gasteiger partial charge on any atom is 0.335 e. The summed E-state index contributed by atoms with van der Waals surface area (Å²) < 4.78 is 6.38. The molecule has 0 bridgehead atoms. The number of hydrogen-bond acceptors (Lipinski definition) is 8. The number of fused-ring (bicyclic) bond motifs is 1. The Morgan fingerprint density at radius 3 is 2.84 bits per heavy atom. The fourth-order valence-electron chi connectivity index (χ4n) is 3.18. The van der Waals surface area contributed by atoms with Crippen molar-refractivity contribution in [2.45, 2.75) is 13.5 Å². The van der Waals surface area contributed by atoms with Crippen LogP contribution in [0.5, 0.6) is 5.75 Å². The van der Waals surface area contributed by atoms with Crippen LogP contribution in [0.1, 0.15) is 28.4 Å². The molecule has 0 spiro atoms. The van der Waals surface area contributed by atoms with Crippen LogP contribution in [0.4, 0.5) is 5.82 Å². The van der Waals surface area contributed by atoms with Crippen LogP contribution in [-0.2, 0) is 6.54 Å². The van der Waals surface area contributed by atoms with Crippen LogP contribution in [0.2, 0.25) is 0 Å². The molecular formula is C23H17N5O3S. The Bertz CT molecular complexity index is 1370. The van der Waals surface area contributed by atoms with Crippen LogP contribution >= 0.6 is 11.3 Å². The molecule has 32 heavy (non-hydrogen) atoms. The number of para-hydroxylation sites is 1. The van der Waals surface area contributed by atoms with E-state index in [1.807, 2.05) is 31.2 Å². The van der Waals surface area contributed by atoms with Gasteiger partial charge in [0.25, 0.3) is 0 Å². The van der Waals surface area contributed by atoms with E-state index < -0.39 is 5.97 Å². The second-order valence-corrected chi connectivity index (χ2v) is 7.65. The Balaban J connectivity index is 1.72. The van der Waals surface area contributed by atoms with Gasteiger partial charge < -0.3 is 9.84 Å². The van der Waals surface area contributed by atoms with E-state index in [-0.39, 0.29) is 12.1 Å². The van der Waals surface area contributed by atoms with Crippen molar-refractivity contribution >= 4 is 33.3 Å². The summed E-state index contributed by atoms with van der Waals surface area (Å²) in [4.78, 5) is 20.4. The summed E-state index contributed by atoms with van der Waals surface area (Å²) >= 11 is 1.36. The molecule has 0 aliphatic carbocycles. The number of aromatic carboxylic acids is 1. The third-order valence-electron chi connectivity index (χ3n) is 4.59. The molecule has 2 heterocycles. The first-order chi connectivity index (χ1) is 15.6. The fourth-order valence-corrected chi connectivity index (χ4v) is 4.35. The van der Waals surface area contributed by atoms with Gasteiger partial charge in [0.1, 0.15) is 28.4 Å². The predicted molar refractivity (Wildman–Crippen MR) is 120 cm³/mol. The number of ether oxygens (including phenoxy) is 1. The summed E-state index contributed by atoms with van der Waals surface area (Å²) in [6.07, 6.45) is 1.35. The van der Waals surface area contributed by atoms with Gasteiger partial charge in [0, 0.05) is 5.56 Å². The number of aromatic nitrogens is 2. The molecule has 0 amide bonds. The number of thiophene rings is 1. The quantitative estimate of drug-likeness (QED) is 0.371. The number of carboxylic acid groups (broad SMARTS) is 1. The van der Waals surface area contributed by atoms with Gasteiger partial charge in [0.15, 0.2) is 5.82 Å². The van der Waals surface area contributed by atoms with Crippen molar-refractivity contribution in [2.24, 2.45) is 10.2 Å². The van der Waals surface area contributed by atoms with Crippen LogP contribution in [-0.4, -0.2) is 27.7 Å². The number of carbonyl (C=O) groups is 1. The van der Waals surface area contributed by atoms with Crippen LogP contribution in [0.25, 0.3) is 20.7 Å². The van der Waals surface area contributed by atoms with Gasteiger partial charge in [-0.2, -0.15) is 10.4 Å². The first-order valence-corrected chi connectivity index (χ1v) is 10.5. The second-order valence-electron chi connectivity index (χ2n) is 6.63. The molecular weight excluding hydrogens is 426 g/mol. The van der Waals surface area contributed by atoms with Gasteiger partial charge in [0.2, 0.25) is 0 Å². The number of benzene rings is 2. The van der Waals surface area contributed by atoms with Gasteiger partial charge in [-0.05, 0) is 36.8 Å². The fraction of sp³-hybridized carbons (Fsp3) is 0.130. The van der Waals surface area contributed by atoms with Crippen LogP contribution in [0.15, 0.2) is 65.1 Å². The van der Waals surface area contributed by atoms with Gasteiger partial charge in [-0.15, -0.1) is 16.5 Å². The molecule has 2 aromatic carbocycles. The van der Waals surface area contributed by atoms with Crippen LogP contribution in [0, 0.1) is 11.3 Å². The van der Waals surface area contributed by atoms with E-state index in [1.165, 1.54) is 23.7 Å². The zero-order valence-electron chi connectivity index (χ0n) is 17.0. The van der Waals surface area contributed by atoms with E-state index >= 15 is 0 Å². The van der Waals surface area contributed by atoms with Crippen LogP contribution in [0.3, 0.4) is 0 Å². The number of azo groups is 1. The molecule has 9 heteroatoms. The third-order valence-corrected chi connectivity index (χ3v) is 5.80. The molecule has 0 atom stereocenters. The highest BCUT2D eigenvalue weighted by atomic mass is 32.1. The van der Waals surface area contributed by atoms with Gasteiger partial charge >= 0.3 is 5.97 Å². The molecule has 4 rings (SSSR count). The molecule has 0 radical (unpaired) electrons. The normalized spacial score (nSPS) is 11.0. The maximum atomic E-state index is 11.1. The smallest absolute Gasteiger partial charge is 0.335 e. The number of nitrogens with zero attached hydrogens (tertiary/aromatic N) is 5. The van der Waals surface area contributed by atoms with E-state index in [2.05, 4.69) is 26.3 Å². The van der Waals surface area contributed by atoms with Crippen molar-refractivity contribution in [1.29, 1.82) is 5.26 Å². The highest BCUT2D eigenvalue weighted by Crippen LogP contribution is 2.43. The third kappa shape index (κ3) is 4.17. The first-order valence-electron chi connectivity index (χ1n) is 9.72. The molecule has 0 unspecified atom stereocenters. The standard InChI is InChI=1S/C23H17N5O3S/c1-2-31-18-9-4-3-8-16(18)20-17(11-24)19-21(32-20)22(26-13-25-19)28-27-12-14-6-5-7-15(10-14)23(29)30/h3-10,13H,2,12H2,1H3,(H,29,30). The Morgan fingerprint density at radius 1 is 1.22 bits per heavy atom. The van der Waals surface area contributed by atoms with Gasteiger partial charge in [-0.1, -0.05) is 24.3 Å². The lowest BCUT2D eigenvalue weighted by molar-refractivity contribution is 0.0696. The summed E-state index contributed by atoms with van der Waals surface area (Å²) in [5.74, 6) is 0.0438. The summed E-state index contributed by atoms with van der Waals surface area (Å²) in [6, 6.07) is 16.3. The van der Waals surface area contributed by atoms with Gasteiger partial charge in [0.05, 0.1) is 29.2 Å². The molecule has 0 saturated heterocycles. The topological polar surface area (TPSA) is 121 Å². The van der Waals surface area contributed by atoms with Crippen molar-refractivity contribution in [2.75, 3.05) is 6.61 Å². The molecule has 8 nitrogen and oxygen atoms in total.